The van der Waals surface area contributed by atoms with Crippen molar-refractivity contribution in [1.29, 1.82) is 0 Å². The van der Waals surface area contributed by atoms with E-state index in [0.29, 0.717) is 28.6 Å². The highest BCUT2D eigenvalue weighted by Gasteiger charge is 2.15. The van der Waals surface area contributed by atoms with Crippen molar-refractivity contribution in [3.8, 4) is 11.5 Å². The summed E-state index contributed by atoms with van der Waals surface area (Å²) < 4.78 is 12.7. The Balaban J connectivity index is 2.21. The zero-order valence-corrected chi connectivity index (χ0v) is 13.6. The summed E-state index contributed by atoms with van der Waals surface area (Å²) in [6.07, 6.45) is 2.64. The minimum atomic E-state index is 0.556. The Kier molecular flexibility index (Phi) is 4.26. The first-order chi connectivity index (χ1) is 11.2. The van der Waals surface area contributed by atoms with Gasteiger partial charge in [0.05, 0.1) is 25.1 Å². The van der Waals surface area contributed by atoms with Gasteiger partial charge in [0, 0.05) is 35.5 Å². The van der Waals surface area contributed by atoms with Gasteiger partial charge in [-0.05, 0) is 11.6 Å². The third-order valence-corrected chi connectivity index (χ3v) is 4.20. The monoisotopic (exact) mass is 329 g/mol. The number of hydrogen-bond donors (Lipinski definition) is 0. The third kappa shape index (κ3) is 2.78. The Bertz CT molecular complexity index is 870. The lowest BCUT2D eigenvalue weighted by atomic mass is 10.1. The van der Waals surface area contributed by atoms with E-state index in [-0.39, 0.29) is 0 Å². The van der Waals surface area contributed by atoms with Gasteiger partial charge in [0.2, 0.25) is 0 Å². The second-order valence-corrected chi connectivity index (χ2v) is 5.55. The van der Waals surface area contributed by atoms with Crippen LogP contribution in [0.15, 0.2) is 42.6 Å². The molecule has 0 aliphatic carbocycles. The Hall–Kier alpha value is -2.46. The maximum absolute atomic E-state index is 11.4. The molecule has 118 valence electrons. The molecule has 0 spiro atoms. The lowest BCUT2D eigenvalue weighted by Crippen LogP contribution is -1.99. The van der Waals surface area contributed by atoms with Crippen molar-refractivity contribution < 1.29 is 14.3 Å². The van der Waals surface area contributed by atoms with Gasteiger partial charge in [-0.15, -0.1) is 0 Å². The summed E-state index contributed by atoms with van der Waals surface area (Å²) >= 11 is 6.25. The normalized spacial score (nSPS) is 10.7. The zero-order chi connectivity index (χ0) is 16.4. The first-order valence-electron chi connectivity index (χ1n) is 7.11. The molecule has 0 saturated heterocycles. The van der Waals surface area contributed by atoms with Gasteiger partial charge in [-0.1, -0.05) is 29.8 Å². The van der Waals surface area contributed by atoms with Crippen LogP contribution in [0.3, 0.4) is 0 Å². The van der Waals surface area contributed by atoms with E-state index in [1.54, 1.807) is 20.3 Å². The molecule has 0 fully saturated rings. The Labute approximate surface area is 139 Å². The molecule has 0 aliphatic rings. The zero-order valence-electron chi connectivity index (χ0n) is 12.9. The summed E-state index contributed by atoms with van der Waals surface area (Å²) in [5.41, 5.74) is 2.42. The van der Waals surface area contributed by atoms with Gasteiger partial charge in [-0.25, -0.2) is 0 Å². The van der Waals surface area contributed by atoms with Crippen LogP contribution in [0.1, 0.15) is 15.9 Å². The van der Waals surface area contributed by atoms with Gasteiger partial charge in [0.15, 0.2) is 6.29 Å². The SMILES string of the molecule is COc1cc(OC)c2c(C=O)cn(Cc3ccccc3Cl)c2c1. The number of ether oxygens (including phenoxy) is 2. The fraction of sp³-hybridized carbons (Fsp3) is 0.167. The number of fused-ring (bicyclic) bond motifs is 1. The van der Waals surface area contributed by atoms with Crippen LogP contribution in [0.2, 0.25) is 5.02 Å². The Morgan fingerprint density at radius 2 is 1.96 bits per heavy atom. The fourth-order valence-corrected chi connectivity index (χ4v) is 2.90. The second kappa shape index (κ2) is 6.34. The molecule has 1 heterocycles. The molecule has 0 bridgehead atoms. The van der Waals surface area contributed by atoms with Crippen LogP contribution in [-0.2, 0) is 6.54 Å². The van der Waals surface area contributed by atoms with E-state index in [1.807, 2.05) is 41.1 Å². The molecule has 0 atom stereocenters. The first-order valence-corrected chi connectivity index (χ1v) is 7.49. The van der Waals surface area contributed by atoms with Crippen molar-refractivity contribution in [3.63, 3.8) is 0 Å². The lowest BCUT2D eigenvalue weighted by molar-refractivity contribution is 0.112. The van der Waals surface area contributed by atoms with Crippen LogP contribution in [0.4, 0.5) is 0 Å². The van der Waals surface area contributed by atoms with Crippen molar-refractivity contribution in [1.82, 2.24) is 4.57 Å². The maximum atomic E-state index is 11.4. The number of methoxy groups -OCH3 is 2. The van der Waals surface area contributed by atoms with E-state index in [9.17, 15) is 4.79 Å². The number of benzene rings is 2. The molecular formula is C18H16ClNO3. The van der Waals surface area contributed by atoms with Crippen LogP contribution >= 0.6 is 11.6 Å². The molecule has 3 rings (SSSR count). The predicted octanol–water partition coefficient (Wildman–Crippen LogP) is 4.17. The van der Waals surface area contributed by atoms with E-state index >= 15 is 0 Å². The highest BCUT2D eigenvalue weighted by atomic mass is 35.5. The first kappa shape index (κ1) is 15.4. The van der Waals surface area contributed by atoms with Crippen LogP contribution in [-0.4, -0.2) is 25.1 Å². The van der Waals surface area contributed by atoms with E-state index in [4.69, 9.17) is 21.1 Å². The molecule has 5 heteroatoms. The molecule has 0 radical (unpaired) electrons. The molecule has 0 N–H and O–H groups in total. The van der Waals surface area contributed by atoms with Gasteiger partial charge in [0.1, 0.15) is 11.5 Å². The average molecular weight is 330 g/mol. The Morgan fingerprint density at radius 1 is 1.17 bits per heavy atom. The standard InChI is InChI=1S/C18H16ClNO3/c1-22-14-7-16-18(17(8-14)23-2)13(11-21)10-20(16)9-12-5-3-4-6-15(12)19/h3-8,10-11H,9H2,1-2H3. The van der Waals surface area contributed by atoms with E-state index in [2.05, 4.69) is 0 Å². The molecular weight excluding hydrogens is 314 g/mol. The maximum Gasteiger partial charge on any atom is 0.152 e. The van der Waals surface area contributed by atoms with Crippen LogP contribution in [0, 0.1) is 0 Å². The largest absolute Gasteiger partial charge is 0.497 e. The van der Waals surface area contributed by atoms with Gasteiger partial charge in [-0.3, -0.25) is 4.79 Å². The van der Waals surface area contributed by atoms with Crippen LogP contribution in [0.25, 0.3) is 10.9 Å². The number of rotatable bonds is 5. The summed E-state index contributed by atoms with van der Waals surface area (Å²) in [6, 6.07) is 11.3. The molecule has 0 amide bonds. The summed E-state index contributed by atoms with van der Waals surface area (Å²) in [5.74, 6) is 1.28. The van der Waals surface area contributed by atoms with Crippen molar-refractivity contribution in [3.05, 3.63) is 58.7 Å². The summed E-state index contributed by atoms with van der Waals surface area (Å²) in [6.45, 7) is 0.556. The number of halogens is 1. The number of nitrogens with zero attached hydrogens (tertiary/aromatic N) is 1. The Morgan fingerprint density at radius 3 is 2.61 bits per heavy atom. The van der Waals surface area contributed by atoms with Crippen molar-refractivity contribution >= 4 is 28.8 Å². The van der Waals surface area contributed by atoms with E-state index in [1.165, 1.54) is 0 Å². The minimum Gasteiger partial charge on any atom is -0.497 e. The molecule has 2 aromatic carbocycles. The number of carbonyl (C=O) groups excluding carboxylic acids is 1. The lowest BCUT2D eigenvalue weighted by Gasteiger charge is -2.10. The topological polar surface area (TPSA) is 40.5 Å². The number of aromatic nitrogens is 1. The van der Waals surface area contributed by atoms with Crippen LogP contribution in [0.5, 0.6) is 11.5 Å². The summed E-state index contributed by atoms with van der Waals surface area (Å²) in [5, 5.41) is 1.47. The van der Waals surface area contributed by atoms with Crippen molar-refractivity contribution in [2.24, 2.45) is 0 Å². The average Bonchev–Trinajstić information content (AvgIpc) is 2.94. The van der Waals surface area contributed by atoms with Crippen molar-refractivity contribution in [2.45, 2.75) is 6.54 Å². The van der Waals surface area contributed by atoms with E-state index < -0.39 is 0 Å². The highest BCUT2D eigenvalue weighted by molar-refractivity contribution is 6.31. The number of hydrogen-bond acceptors (Lipinski definition) is 3. The molecule has 4 nitrogen and oxygen atoms in total. The number of carbonyl (C=O) groups is 1. The molecule has 1 aromatic heterocycles. The molecule has 0 aliphatic heterocycles. The summed E-state index contributed by atoms with van der Waals surface area (Å²) in [4.78, 5) is 11.4. The molecule has 0 saturated carbocycles. The predicted molar refractivity (Wildman–Crippen MR) is 91.0 cm³/mol. The summed E-state index contributed by atoms with van der Waals surface area (Å²) in [7, 11) is 3.18. The molecule has 3 aromatic rings. The second-order valence-electron chi connectivity index (χ2n) is 5.15. The van der Waals surface area contributed by atoms with Crippen molar-refractivity contribution in [2.75, 3.05) is 14.2 Å². The van der Waals surface area contributed by atoms with Gasteiger partial charge in [0.25, 0.3) is 0 Å². The van der Waals surface area contributed by atoms with E-state index in [0.717, 1.165) is 22.8 Å². The highest BCUT2D eigenvalue weighted by Crippen LogP contribution is 2.35. The smallest absolute Gasteiger partial charge is 0.152 e. The quantitative estimate of drug-likeness (QED) is 0.659. The fourth-order valence-electron chi connectivity index (χ4n) is 2.70. The van der Waals surface area contributed by atoms with Crippen LogP contribution < -0.4 is 9.47 Å². The third-order valence-electron chi connectivity index (χ3n) is 3.83. The van der Waals surface area contributed by atoms with Gasteiger partial charge >= 0.3 is 0 Å². The van der Waals surface area contributed by atoms with Gasteiger partial charge < -0.3 is 14.0 Å². The molecule has 23 heavy (non-hydrogen) atoms. The number of aldehydes is 1. The molecule has 0 unspecified atom stereocenters. The minimum absolute atomic E-state index is 0.556. The van der Waals surface area contributed by atoms with Gasteiger partial charge in [-0.2, -0.15) is 0 Å².